The fourth-order valence-electron chi connectivity index (χ4n) is 2.57. The molecule has 1 aromatic carbocycles. The van der Waals surface area contributed by atoms with E-state index >= 15 is 0 Å². The Morgan fingerprint density at radius 1 is 1.32 bits per heavy atom. The Hall–Kier alpha value is -2.04. The Labute approximate surface area is 131 Å². The van der Waals surface area contributed by atoms with E-state index in [4.69, 9.17) is 4.74 Å². The van der Waals surface area contributed by atoms with E-state index in [2.05, 4.69) is 10.2 Å². The number of rotatable bonds is 3. The van der Waals surface area contributed by atoms with Gasteiger partial charge >= 0.3 is 6.09 Å². The normalized spacial score (nSPS) is 18.7. The maximum Gasteiger partial charge on any atom is 0.407 e. The van der Waals surface area contributed by atoms with Crippen molar-refractivity contribution in [2.75, 3.05) is 18.0 Å². The van der Waals surface area contributed by atoms with Crippen molar-refractivity contribution >= 4 is 18.1 Å². The molecule has 1 fully saturated rings. The second kappa shape index (κ2) is 6.81. The Kier molecular flexibility index (Phi) is 5.06. The summed E-state index contributed by atoms with van der Waals surface area (Å²) in [5.41, 5.74) is 1.26. The van der Waals surface area contributed by atoms with Crippen LogP contribution in [-0.4, -0.2) is 37.1 Å². The predicted octanol–water partition coefficient (Wildman–Crippen LogP) is 2.99. The van der Waals surface area contributed by atoms with Crippen molar-refractivity contribution in [1.29, 1.82) is 0 Å². The molecule has 1 saturated heterocycles. The fraction of sp³-hybridized carbons (Fsp3) is 0.529. The summed E-state index contributed by atoms with van der Waals surface area (Å²) in [6, 6.07) is 7.59. The molecule has 5 heteroatoms. The molecule has 0 aliphatic carbocycles. The van der Waals surface area contributed by atoms with Crippen molar-refractivity contribution < 1.29 is 14.3 Å². The minimum Gasteiger partial charge on any atom is -0.444 e. The minimum atomic E-state index is -0.483. The average Bonchev–Trinajstić information content (AvgIpc) is 2.45. The molecule has 1 N–H and O–H groups in total. The number of aldehydes is 1. The molecular formula is C17H24N2O3. The molecule has 0 radical (unpaired) electrons. The zero-order valence-electron chi connectivity index (χ0n) is 13.5. The third-order valence-corrected chi connectivity index (χ3v) is 3.54. The van der Waals surface area contributed by atoms with Gasteiger partial charge in [0.25, 0.3) is 0 Å². The lowest BCUT2D eigenvalue weighted by Gasteiger charge is -2.35. The van der Waals surface area contributed by atoms with Gasteiger partial charge in [-0.15, -0.1) is 0 Å². The van der Waals surface area contributed by atoms with Crippen LogP contribution in [0.1, 0.15) is 44.0 Å². The zero-order valence-corrected chi connectivity index (χ0v) is 13.5. The standard InChI is InChI=1S/C17H24N2O3/c1-17(2,3)22-16(21)18-14-5-4-10-19(11-14)15-8-6-13(12-20)7-9-15/h6-9,12,14H,4-5,10-11H2,1-3H3,(H,18,21)/t14-/m0/s1. The molecule has 1 heterocycles. The van der Waals surface area contributed by atoms with E-state index < -0.39 is 5.60 Å². The van der Waals surface area contributed by atoms with Gasteiger partial charge in [0.15, 0.2) is 0 Å². The number of nitrogens with one attached hydrogen (secondary N) is 1. The van der Waals surface area contributed by atoms with E-state index in [1.807, 2.05) is 45.0 Å². The number of carbonyl (C=O) groups excluding carboxylic acids is 2. The number of benzene rings is 1. The molecule has 5 nitrogen and oxygen atoms in total. The highest BCUT2D eigenvalue weighted by Gasteiger charge is 2.24. The number of anilines is 1. The highest BCUT2D eigenvalue weighted by atomic mass is 16.6. The Balaban J connectivity index is 1.93. The molecule has 0 bridgehead atoms. The first kappa shape index (κ1) is 16.3. The quantitative estimate of drug-likeness (QED) is 0.872. The van der Waals surface area contributed by atoms with Crippen LogP contribution in [0.3, 0.4) is 0 Å². The number of piperidine rings is 1. The molecule has 1 amide bonds. The fourth-order valence-corrected chi connectivity index (χ4v) is 2.57. The first-order valence-electron chi connectivity index (χ1n) is 7.67. The Bertz CT molecular complexity index is 520. The van der Waals surface area contributed by atoms with E-state index in [0.29, 0.717) is 5.56 Å². The molecule has 0 spiro atoms. The smallest absolute Gasteiger partial charge is 0.407 e. The third kappa shape index (κ3) is 4.76. The zero-order chi connectivity index (χ0) is 16.2. The van der Waals surface area contributed by atoms with Crippen LogP contribution in [0, 0.1) is 0 Å². The monoisotopic (exact) mass is 304 g/mol. The van der Waals surface area contributed by atoms with Gasteiger partial charge in [0.2, 0.25) is 0 Å². The third-order valence-electron chi connectivity index (χ3n) is 3.54. The van der Waals surface area contributed by atoms with E-state index in [0.717, 1.165) is 37.9 Å². The van der Waals surface area contributed by atoms with Crippen molar-refractivity contribution in [2.45, 2.75) is 45.3 Å². The van der Waals surface area contributed by atoms with Gasteiger partial charge in [-0.25, -0.2) is 4.79 Å². The lowest BCUT2D eigenvalue weighted by atomic mass is 10.0. The molecule has 22 heavy (non-hydrogen) atoms. The van der Waals surface area contributed by atoms with Gasteiger partial charge in [0, 0.05) is 30.4 Å². The van der Waals surface area contributed by atoms with Gasteiger partial charge in [-0.05, 0) is 57.9 Å². The Morgan fingerprint density at radius 3 is 2.59 bits per heavy atom. The van der Waals surface area contributed by atoms with E-state index in [1.165, 1.54) is 0 Å². The number of carbonyl (C=O) groups is 2. The van der Waals surface area contributed by atoms with Crippen LogP contribution in [0.25, 0.3) is 0 Å². The maximum absolute atomic E-state index is 11.9. The van der Waals surface area contributed by atoms with Gasteiger partial charge in [-0.3, -0.25) is 4.79 Å². The van der Waals surface area contributed by atoms with Gasteiger partial charge < -0.3 is 15.0 Å². The lowest BCUT2D eigenvalue weighted by molar-refractivity contribution is 0.0500. The lowest BCUT2D eigenvalue weighted by Crippen LogP contribution is -2.49. The minimum absolute atomic E-state index is 0.0781. The first-order chi connectivity index (χ1) is 10.4. The van der Waals surface area contributed by atoms with Gasteiger partial charge in [0.05, 0.1) is 0 Å². The average molecular weight is 304 g/mol. The van der Waals surface area contributed by atoms with E-state index in [-0.39, 0.29) is 12.1 Å². The second-order valence-corrected chi connectivity index (χ2v) is 6.64. The van der Waals surface area contributed by atoms with Crippen molar-refractivity contribution in [3.05, 3.63) is 29.8 Å². The molecule has 1 aliphatic rings. The number of nitrogens with zero attached hydrogens (tertiary/aromatic N) is 1. The predicted molar refractivity (Wildman–Crippen MR) is 86.4 cm³/mol. The van der Waals surface area contributed by atoms with Crippen molar-refractivity contribution in [1.82, 2.24) is 5.32 Å². The van der Waals surface area contributed by atoms with Crippen LogP contribution in [0.15, 0.2) is 24.3 Å². The highest BCUT2D eigenvalue weighted by Crippen LogP contribution is 2.20. The summed E-state index contributed by atoms with van der Waals surface area (Å²) in [4.78, 5) is 24.8. The van der Waals surface area contributed by atoms with Gasteiger partial charge in [0.1, 0.15) is 11.9 Å². The van der Waals surface area contributed by atoms with Crippen LogP contribution < -0.4 is 10.2 Å². The van der Waals surface area contributed by atoms with Gasteiger partial charge in [-0.1, -0.05) is 0 Å². The molecule has 1 atom stereocenters. The number of ether oxygens (including phenoxy) is 1. The SMILES string of the molecule is CC(C)(C)OC(=O)N[C@H]1CCCN(c2ccc(C=O)cc2)C1. The molecular weight excluding hydrogens is 280 g/mol. The maximum atomic E-state index is 11.9. The molecule has 0 unspecified atom stereocenters. The number of alkyl carbamates (subject to hydrolysis) is 1. The van der Waals surface area contributed by atoms with Crippen molar-refractivity contribution in [2.24, 2.45) is 0 Å². The molecule has 1 aromatic rings. The first-order valence-corrected chi connectivity index (χ1v) is 7.67. The molecule has 0 aromatic heterocycles. The summed E-state index contributed by atoms with van der Waals surface area (Å²) >= 11 is 0. The van der Waals surface area contributed by atoms with Crippen LogP contribution in [-0.2, 0) is 4.74 Å². The molecule has 120 valence electrons. The van der Waals surface area contributed by atoms with Crippen LogP contribution >= 0.6 is 0 Å². The summed E-state index contributed by atoms with van der Waals surface area (Å²) in [5, 5.41) is 2.94. The number of hydrogen-bond acceptors (Lipinski definition) is 4. The molecule has 2 rings (SSSR count). The summed E-state index contributed by atoms with van der Waals surface area (Å²) in [7, 11) is 0. The number of amides is 1. The van der Waals surface area contributed by atoms with Crippen LogP contribution in [0.5, 0.6) is 0 Å². The molecule has 0 saturated carbocycles. The highest BCUT2D eigenvalue weighted by molar-refractivity contribution is 5.75. The summed E-state index contributed by atoms with van der Waals surface area (Å²) in [6.07, 6.45) is 2.43. The second-order valence-electron chi connectivity index (χ2n) is 6.64. The van der Waals surface area contributed by atoms with Crippen LogP contribution in [0.4, 0.5) is 10.5 Å². The van der Waals surface area contributed by atoms with E-state index in [9.17, 15) is 9.59 Å². The van der Waals surface area contributed by atoms with Crippen molar-refractivity contribution in [3.63, 3.8) is 0 Å². The van der Waals surface area contributed by atoms with Crippen LogP contribution in [0.2, 0.25) is 0 Å². The number of hydrogen-bond donors (Lipinski definition) is 1. The Morgan fingerprint density at radius 2 is 2.00 bits per heavy atom. The topological polar surface area (TPSA) is 58.6 Å². The summed E-state index contributed by atoms with van der Waals surface area (Å²) in [5.74, 6) is 0. The molecule has 1 aliphatic heterocycles. The van der Waals surface area contributed by atoms with E-state index in [1.54, 1.807) is 0 Å². The van der Waals surface area contributed by atoms with Gasteiger partial charge in [-0.2, -0.15) is 0 Å². The summed E-state index contributed by atoms with van der Waals surface area (Å²) in [6.45, 7) is 7.27. The largest absolute Gasteiger partial charge is 0.444 e. The summed E-state index contributed by atoms with van der Waals surface area (Å²) < 4.78 is 5.30. The van der Waals surface area contributed by atoms with Crippen molar-refractivity contribution in [3.8, 4) is 0 Å².